The van der Waals surface area contributed by atoms with Crippen molar-refractivity contribution in [2.24, 2.45) is 0 Å². The van der Waals surface area contributed by atoms with Crippen LogP contribution in [0.15, 0.2) is 59.9 Å². The van der Waals surface area contributed by atoms with Gasteiger partial charge >= 0.3 is 11.2 Å². The Morgan fingerprint density at radius 1 is 1.00 bits per heavy atom. The second-order valence-electron chi connectivity index (χ2n) is 7.36. The van der Waals surface area contributed by atoms with Crippen molar-refractivity contribution in [2.75, 3.05) is 41.3 Å². The van der Waals surface area contributed by atoms with Crippen LogP contribution in [0.25, 0.3) is 0 Å². The topological polar surface area (TPSA) is 100 Å². The smallest absolute Gasteiger partial charge is 0.360 e. The molecule has 34 heavy (non-hydrogen) atoms. The van der Waals surface area contributed by atoms with Crippen molar-refractivity contribution in [2.45, 2.75) is 16.9 Å². The summed E-state index contributed by atoms with van der Waals surface area (Å²) in [5.74, 6) is 1.12. The lowest BCUT2D eigenvalue weighted by molar-refractivity contribution is -0.383. The van der Waals surface area contributed by atoms with E-state index >= 15 is 0 Å². The van der Waals surface area contributed by atoms with Gasteiger partial charge in [0.1, 0.15) is 12.1 Å². The normalized spacial score (nSPS) is 14.2. The minimum Gasteiger partial charge on any atom is -0.360 e. The number of thioether (sulfide) groups is 1. The summed E-state index contributed by atoms with van der Waals surface area (Å²) in [6, 6.07) is 11.4. The van der Waals surface area contributed by atoms with E-state index in [1.54, 1.807) is 6.20 Å². The maximum absolute atomic E-state index is 12.5. The van der Waals surface area contributed by atoms with E-state index in [-0.39, 0.29) is 40.5 Å². The first-order valence-electron chi connectivity index (χ1n) is 10.3. The van der Waals surface area contributed by atoms with Crippen molar-refractivity contribution in [3.63, 3.8) is 0 Å². The Balaban J connectivity index is 1.45. The van der Waals surface area contributed by atoms with Gasteiger partial charge in [-0.05, 0) is 41.6 Å². The molecule has 1 fully saturated rings. The van der Waals surface area contributed by atoms with Crippen LogP contribution in [-0.2, 0) is 6.54 Å². The highest BCUT2D eigenvalue weighted by Crippen LogP contribution is 2.37. The average Bonchev–Trinajstić information content (AvgIpc) is 2.83. The van der Waals surface area contributed by atoms with Crippen molar-refractivity contribution < 1.29 is 18.1 Å². The monoisotopic (exact) mass is 491 g/mol. The Hall–Kier alpha value is -3.61. The second-order valence-corrected chi connectivity index (χ2v) is 8.50. The molecule has 1 N–H and O–H groups in total. The molecule has 0 spiro atoms. The number of anilines is 3. The number of pyridine rings is 1. The highest BCUT2D eigenvalue weighted by molar-refractivity contribution is 8.00. The average molecular weight is 491 g/mol. The Labute approximate surface area is 197 Å². The van der Waals surface area contributed by atoms with Gasteiger partial charge in [-0.1, -0.05) is 18.2 Å². The molecule has 1 aliphatic heterocycles. The van der Waals surface area contributed by atoms with Crippen molar-refractivity contribution in [3.05, 3.63) is 70.7 Å². The van der Waals surface area contributed by atoms with Crippen molar-refractivity contribution in [1.29, 1.82) is 0 Å². The SMILES string of the molecule is O=[N+]([O-])c1c(NCc2ccc(SC(F)(F)F)cc2)ncnc1N1CCN(c2ccccn2)CC1. The van der Waals surface area contributed by atoms with Crippen LogP contribution in [-0.4, -0.2) is 51.6 Å². The van der Waals surface area contributed by atoms with Crippen LogP contribution in [0.4, 0.5) is 36.3 Å². The molecule has 1 aromatic carbocycles. The molecule has 4 rings (SSSR count). The first-order valence-corrected chi connectivity index (χ1v) is 11.1. The molecule has 1 saturated heterocycles. The molecule has 0 aliphatic carbocycles. The number of aromatic nitrogens is 3. The lowest BCUT2D eigenvalue weighted by atomic mass is 10.2. The van der Waals surface area contributed by atoms with E-state index in [2.05, 4.69) is 25.2 Å². The first-order chi connectivity index (χ1) is 16.3. The summed E-state index contributed by atoms with van der Waals surface area (Å²) in [7, 11) is 0. The zero-order valence-electron chi connectivity index (χ0n) is 17.8. The molecule has 0 saturated carbocycles. The molecule has 9 nitrogen and oxygen atoms in total. The van der Waals surface area contributed by atoms with Gasteiger partial charge in [-0.25, -0.2) is 15.0 Å². The van der Waals surface area contributed by atoms with E-state index < -0.39 is 10.4 Å². The number of hydrogen-bond donors (Lipinski definition) is 1. The minimum absolute atomic E-state index is 0.0518. The Kier molecular flexibility index (Phi) is 7.01. The third-order valence-electron chi connectivity index (χ3n) is 5.15. The number of benzene rings is 1. The number of alkyl halides is 3. The van der Waals surface area contributed by atoms with E-state index in [0.717, 1.165) is 5.82 Å². The van der Waals surface area contributed by atoms with E-state index in [9.17, 15) is 23.3 Å². The maximum Gasteiger partial charge on any atom is 0.446 e. The molecule has 13 heteroatoms. The van der Waals surface area contributed by atoms with Gasteiger partial charge in [0.05, 0.1) is 4.92 Å². The quantitative estimate of drug-likeness (QED) is 0.294. The third-order valence-corrected chi connectivity index (χ3v) is 5.89. The molecular formula is C21H20F3N7O2S. The first kappa shape index (κ1) is 23.5. The second kappa shape index (κ2) is 10.1. The Morgan fingerprint density at radius 2 is 1.71 bits per heavy atom. The van der Waals surface area contributed by atoms with Gasteiger partial charge in [0.25, 0.3) is 0 Å². The largest absolute Gasteiger partial charge is 0.446 e. The summed E-state index contributed by atoms with van der Waals surface area (Å²) < 4.78 is 37.5. The number of piperazine rings is 1. The van der Waals surface area contributed by atoms with E-state index in [1.165, 1.54) is 30.6 Å². The summed E-state index contributed by atoms with van der Waals surface area (Å²) in [6.07, 6.45) is 2.98. The Morgan fingerprint density at radius 3 is 2.32 bits per heavy atom. The van der Waals surface area contributed by atoms with Gasteiger partial charge in [-0.2, -0.15) is 13.2 Å². The molecule has 0 atom stereocenters. The molecule has 3 heterocycles. The molecule has 0 bridgehead atoms. The zero-order valence-corrected chi connectivity index (χ0v) is 18.6. The van der Waals surface area contributed by atoms with E-state index in [0.29, 0.717) is 31.7 Å². The molecule has 0 radical (unpaired) electrons. The number of nitrogens with one attached hydrogen (secondary N) is 1. The standard InChI is InChI=1S/C21H20F3N7O2S/c22-21(23,24)34-16-6-4-15(5-7-16)13-26-19-18(31(32)33)20(28-14-27-19)30-11-9-29(10-12-30)17-3-1-2-8-25-17/h1-8,14H,9-13H2,(H,26,27,28). The summed E-state index contributed by atoms with van der Waals surface area (Å²) >= 11 is -0.197. The number of nitrogens with zero attached hydrogens (tertiary/aromatic N) is 6. The molecule has 0 unspecified atom stereocenters. The molecular weight excluding hydrogens is 471 g/mol. The van der Waals surface area contributed by atoms with E-state index in [4.69, 9.17) is 0 Å². The van der Waals surface area contributed by atoms with Crippen molar-refractivity contribution in [3.8, 4) is 0 Å². The zero-order chi connectivity index (χ0) is 24.1. The predicted octanol–water partition coefficient (Wildman–Crippen LogP) is 4.33. The number of hydrogen-bond acceptors (Lipinski definition) is 9. The summed E-state index contributed by atoms with van der Waals surface area (Å²) in [5, 5.41) is 14.8. The maximum atomic E-state index is 12.5. The van der Waals surface area contributed by atoms with E-state index in [1.807, 2.05) is 23.1 Å². The Bertz CT molecular complexity index is 1130. The highest BCUT2D eigenvalue weighted by atomic mass is 32.2. The van der Waals surface area contributed by atoms with Crippen LogP contribution in [0.3, 0.4) is 0 Å². The number of nitro groups is 1. The number of halogens is 3. The number of rotatable bonds is 7. The fourth-order valence-electron chi connectivity index (χ4n) is 3.58. The van der Waals surface area contributed by atoms with Gasteiger partial charge in [0, 0.05) is 43.8 Å². The summed E-state index contributed by atoms with van der Waals surface area (Å²) in [6.45, 7) is 2.45. The highest BCUT2D eigenvalue weighted by Gasteiger charge is 2.30. The van der Waals surface area contributed by atoms with Gasteiger partial charge < -0.3 is 15.1 Å². The van der Waals surface area contributed by atoms with Gasteiger partial charge in [-0.15, -0.1) is 0 Å². The van der Waals surface area contributed by atoms with Gasteiger partial charge in [0.2, 0.25) is 11.6 Å². The van der Waals surface area contributed by atoms with Crippen LogP contribution in [0, 0.1) is 10.1 Å². The molecule has 1 aliphatic rings. The minimum atomic E-state index is -4.36. The van der Waals surface area contributed by atoms with Crippen LogP contribution < -0.4 is 15.1 Å². The molecule has 178 valence electrons. The lowest BCUT2D eigenvalue weighted by Gasteiger charge is -2.35. The van der Waals surface area contributed by atoms with Crippen molar-refractivity contribution in [1.82, 2.24) is 15.0 Å². The van der Waals surface area contributed by atoms with Crippen LogP contribution >= 0.6 is 11.8 Å². The summed E-state index contributed by atoms with van der Waals surface area (Å²) in [5.41, 5.74) is -3.94. The fourth-order valence-corrected chi connectivity index (χ4v) is 4.12. The third kappa shape index (κ3) is 5.84. The van der Waals surface area contributed by atoms with Crippen LogP contribution in [0.2, 0.25) is 0 Å². The van der Waals surface area contributed by atoms with Crippen molar-refractivity contribution >= 4 is 34.9 Å². The lowest BCUT2D eigenvalue weighted by Crippen LogP contribution is -2.47. The van der Waals surface area contributed by atoms with Gasteiger partial charge in [-0.3, -0.25) is 10.1 Å². The van der Waals surface area contributed by atoms with Gasteiger partial charge in [0.15, 0.2) is 0 Å². The van der Waals surface area contributed by atoms with Crippen LogP contribution in [0.5, 0.6) is 0 Å². The molecule has 3 aromatic rings. The molecule has 0 amide bonds. The fraction of sp³-hybridized carbons (Fsp3) is 0.286. The van der Waals surface area contributed by atoms with Crippen LogP contribution in [0.1, 0.15) is 5.56 Å². The molecule has 2 aromatic heterocycles. The predicted molar refractivity (Wildman–Crippen MR) is 123 cm³/mol. The summed E-state index contributed by atoms with van der Waals surface area (Å²) in [4.78, 5) is 27.9.